The van der Waals surface area contributed by atoms with E-state index in [9.17, 15) is 4.79 Å². The van der Waals surface area contributed by atoms with Crippen LogP contribution in [0.5, 0.6) is 0 Å². The zero-order chi connectivity index (χ0) is 15.9. The summed E-state index contributed by atoms with van der Waals surface area (Å²) in [4.78, 5) is 14.3. The smallest absolute Gasteiger partial charge is 0.287 e. The van der Waals surface area contributed by atoms with E-state index < -0.39 is 0 Å². The molecule has 0 unspecified atom stereocenters. The molecule has 2 aromatic rings. The van der Waals surface area contributed by atoms with Gasteiger partial charge >= 0.3 is 0 Å². The summed E-state index contributed by atoms with van der Waals surface area (Å²) in [6.45, 7) is 7.62. The van der Waals surface area contributed by atoms with Crippen molar-refractivity contribution < 1.29 is 9.21 Å². The van der Waals surface area contributed by atoms with Gasteiger partial charge in [0.2, 0.25) is 0 Å². The Morgan fingerprint density at radius 3 is 2.45 bits per heavy atom. The van der Waals surface area contributed by atoms with Gasteiger partial charge < -0.3 is 20.4 Å². The van der Waals surface area contributed by atoms with Gasteiger partial charge in [0.25, 0.3) is 5.91 Å². The number of nitrogen functional groups attached to an aromatic ring is 1. The predicted molar refractivity (Wildman–Crippen MR) is 88.7 cm³/mol. The van der Waals surface area contributed by atoms with Crippen LogP contribution < -0.4 is 11.1 Å². The SMILES string of the molecule is CCN(CC)CCNC(=O)c1ccc(-c2ccc(N)cc2)o1. The summed E-state index contributed by atoms with van der Waals surface area (Å²) in [5, 5.41) is 2.88. The lowest BCUT2D eigenvalue weighted by molar-refractivity contribution is 0.0922. The second kappa shape index (κ2) is 7.66. The van der Waals surface area contributed by atoms with Gasteiger partial charge in [0.05, 0.1) is 0 Å². The molecule has 1 heterocycles. The average molecular weight is 301 g/mol. The summed E-state index contributed by atoms with van der Waals surface area (Å²) < 4.78 is 5.62. The van der Waals surface area contributed by atoms with Gasteiger partial charge in [0.1, 0.15) is 5.76 Å². The minimum absolute atomic E-state index is 0.186. The Morgan fingerprint density at radius 1 is 1.14 bits per heavy atom. The van der Waals surface area contributed by atoms with Crippen LogP contribution in [0.3, 0.4) is 0 Å². The number of anilines is 1. The number of rotatable bonds is 7. The van der Waals surface area contributed by atoms with E-state index in [1.807, 2.05) is 24.3 Å². The van der Waals surface area contributed by atoms with Crippen molar-refractivity contribution >= 4 is 11.6 Å². The Bertz CT molecular complexity index is 601. The minimum atomic E-state index is -0.186. The number of hydrogen-bond donors (Lipinski definition) is 2. The first-order valence-corrected chi connectivity index (χ1v) is 7.60. The fourth-order valence-corrected chi connectivity index (χ4v) is 2.22. The summed E-state index contributed by atoms with van der Waals surface area (Å²) in [7, 11) is 0. The number of hydrogen-bond acceptors (Lipinski definition) is 4. The molecule has 1 amide bonds. The van der Waals surface area contributed by atoms with Crippen molar-refractivity contribution in [1.82, 2.24) is 10.2 Å². The third-order valence-corrected chi connectivity index (χ3v) is 3.63. The van der Waals surface area contributed by atoms with Gasteiger partial charge in [-0.1, -0.05) is 13.8 Å². The number of furan rings is 1. The normalized spacial score (nSPS) is 10.9. The van der Waals surface area contributed by atoms with Crippen LogP contribution in [-0.2, 0) is 0 Å². The number of carbonyl (C=O) groups excluding carboxylic acids is 1. The van der Waals surface area contributed by atoms with E-state index in [0.29, 0.717) is 23.8 Å². The van der Waals surface area contributed by atoms with Crippen LogP contribution in [0.1, 0.15) is 24.4 Å². The summed E-state index contributed by atoms with van der Waals surface area (Å²) in [6.07, 6.45) is 0. The van der Waals surface area contributed by atoms with E-state index in [2.05, 4.69) is 24.1 Å². The Morgan fingerprint density at radius 2 is 1.82 bits per heavy atom. The molecule has 0 fully saturated rings. The molecular weight excluding hydrogens is 278 g/mol. The van der Waals surface area contributed by atoms with E-state index in [1.54, 1.807) is 12.1 Å². The minimum Gasteiger partial charge on any atom is -0.451 e. The standard InChI is InChI=1S/C17H23N3O2/c1-3-20(4-2)12-11-19-17(21)16-10-9-15(22-16)13-5-7-14(18)8-6-13/h5-10H,3-4,11-12,18H2,1-2H3,(H,19,21). The molecule has 22 heavy (non-hydrogen) atoms. The van der Waals surface area contributed by atoms with Gasteiger partial charge in [0, 0.05) is 24.3 Å². The van der Waals surface area contributed by atoms with Crippen molar-refractivity contribution in [3.63, 3.8) is 0 Å². The number of nitrogens with one attached hydrogen (secondary N) is 1. The fourth-order valence-electron chi connectivity index (χ4n) is 2.22. The van der Waals surface area contributed by atoms with Crippen molar-refractivity contribution in [2.75, 3.05) is 31.9 Å². The number of nitrogens with two attached hydrogens (primary N) is 1. The van der Waals surface area contributed by atoms with Gasteiger partial charge in [-0.15, -0.1) is 0 Å². The van der Waals surface area contributed by atoms with E-state index in [-0.39, 0.29) is 5.91 Å². The summed E-state index contributed by atoms with van der Waals surface area (Å²) in [5.74, 6) is 0.800. The monoisotopic (exact) mass is 301 g/mol. The molecule has 0 aliphatic carbocycles. The largest absolute Gasteiger partial charge is 0.451 e. The quantitative estimate of drug-likeness (QED) is 0.771. The van der Waals surface area contributed by atoms with Crippen molar-refractivity contribution in [1.29, 1.82) is 0 Å². The van der Waals surface area contributed by atoms with Crippen LogP contribution in [0, 0.1) is 0 Å². The van der Waals surface area contributed by atoms with Crippen molar-refractivity contribution in [2.45, 2.75) is 13.8 Å². The summed E-state index contributed by atoms with van der Waals surface area (Å²) >= 11 is 0. The Balaban J connectivity index is 1.93. The molecule has 1 aromatic carbocycles. The van der Waals surface area contributed by atoms with Gasteiger partial charge in [-0.25, -0.2) is 0 Å². The van der Waals surface area contributed by atoms with Crippen LogP contribution >= 0.6 is 0 Å². The Kier molecular flexibility index (Phi) is 5.61. The van der Waals surface area contributed by atoms with Crippen LogP contribution in [0.4, 0.5) is 5.69 Å². The third kappa shape index (κ3) is 4.11. The fraction of sp³-hybridized carbons (Fsp3) is 0.353. The molecule has 2 rings (SSSR count). The molecule has 1 aromatic heterocycles. The first-order valence-electron chi connectivity index (χ1n) is 7.60. The van der Waals surface area contributed by atoms with Crippen molar-refractivity contribution in [3.05, 3.63) is 42.2 Å². The number of nitrogens with zero attached hydrogens (tertiary/aromatic N) is 1. The highest BCUT2D eigenvalue weighted by Crippen LogP contribution is 2.23. The molecule has 5 heteroatoms. The zero-order valence-corrected chi connectivity index (χ0v) is 13.1. The molecule has 0 spiro atoms. The van der Waals surface area contributed by atoms with Gasteiger partial charge in [-0.3, -0.25) is 4.79 Å². The molecule has 0 radical (unpaired) electrons. The highest BCUT2D eigenvalue weighted by Gasteiger charge is 2.12. The van der Waals surface area contributed by atoms with E-state index in [1.165, 1.54) is 0 Å². The molecule has 0 aliphatic rings. The average Bonchev–Trinajstić information content (AvgIpc) is 3.02. The third-order valence-electron chi connectivity index (χ3n) is 3.63. The van der Waals surface area contributed by atoms with Crippen LogP contribution in [0.2, 0.25) is 0 Å². The molecule has 5 nitrogen and oxygen atoms in total. The van der Waals surface area contributed by atoms with E-state index >= 15 is 0 Å². The maximum atomic E-state index is 12.1. The molecule has 0 saturated heterocycles. The van der Waals surface area contributed by atoms with Crippen LogP contribution in [0.25, 0.3) is 11.3 Å². The maximum Gasteiger partial charge on any atom is 0.287 e. The number of carbonyl (C=O) groups is 1. The van der Waals surface area contributed by atoms with Crippen molar-refractivity contribution in [2.24, 2.45) is 0 Å². The van der Waals surface area contributed by atoms with E-state index in [4.69, 9.17) is 10.2 Å². The number of benzene rings is 1. The molecule has 0 bridgehead atoms. The second-order valence-electron chi connectivity index (χ2n) is 5.07. The highest BCUT2D eigenvalue weighted by atomic mass is 16.3. The molecule has 0 atom stereocenters. The summed E-state index contributed by atoms with van der Waals surface area (Å²) in [5.41, 5.74) is 7.26. The lowest BCUT2D eigenvalue weighted by Gasteiger charge is -2.17. The van der Waals surface area contributed by atoms with Gasteiger partial charge in [-0.2, -0.15) is 0 Å². The topological polar surface area (TPSA) is 71.5 Å². The molecule has 0 aliphatic heterocycles. The van der Waals surface area contributed by atoms with E-state index in [0.717, 1.165) is 25.2 Å². The molecule has 0 saturated carbocycles. The highest BCUT2D eigenvalue weighted by molar-refractivity contribution is 5.92. The predicted octanol–water partition coefficient (Wildman–Crippen LogP) is 2.60. The zero-order valence-electron chi connectivity index (χ0n) is 13.1. The first-order chi connectivity index (χ1) is 10.6. The number of amides is 1. The van der Waals surface area contributed by atoms with Crippen LogP contribution in [0.15, 0.2) is 40.8 Å². The Hall–Kier alpha value is -2.27. The molecule has 3 N–H and O–H groups in total. The van der Waals surface area contributed by atoms with Gasteiger partial charge in [-0.05, 0) is 49.5 Å². The van der Waals surface area contributed by atoms with Crippen LogP contribution in [-0.4, -0.2) is 37.0 Å². The number of likely N-dealkylation sites (N-methyl/N-ethyl adjacent to an activating group) is 1. The molecule has 118 valence electrons. The first kappa shape index (κ1) is 16.1. The Labute approximate surface area is 131 Å². The lowest BCUT2D eigenvalue weighted by Crippen LogP contribution is -2.34. The van der Waals surface area contributed by atoms with Crippen molar-refractivity contribution in [3.8, 4) is 11.3 Å². The second-order valence-corrected chi connectivity index (χ2v) is 5.07. The maximum absolute atomic E-state index is 12.1. The molecular formula is C17H23N3O2. The lowest BCUT2D eigenvalue weighted by atomic mass is 10.1. The van der Waals surface area contributed by atoms with Gasteiger partial charge in [0.15, 0.2) is 5.76 Å². The summed E-state index contributed by atoms with van der Waals surface area (Å²) in [6, 6.07) is 10.8.